The van der Waals surface area contributed by atoms with Gasteiger partial charge < -0.3 is 5.32 Å². The molecule has 0 amide bonds. The van der Waals surface area contributed by atoms with Gasteiger partial charge in [-0.05, 0) is 20.9 Å². The molecule has 0 aliphatic heterocycles. The molecule has 0 atom stereocenters. The summed E-state index contributed by atoms with van der Waals surface area (Å²) in [7, 11) is 3.93. The highest BCUT2D eigenvalue weighted by atomic mass is 32.1. The lowest BCUT2D eigenvalue weighted by Crippen LogP contribution is -2.09. The maximum absolute atomic E-state index is 4.68. The molecule has 2 aromatic heterocycles. The van der Waals surface area contributed by atoms with E-state index in [0.717, 1.165) is 24.4 Å². The standard InChI is InChI=1S/C12H18N4S/c1-8-12(9(2)16(4)15-8)10-7-17-11(14-10)5-6-13-3/h7,13H,5-6H2,1-4H3. The lowest BCUT2D eigenvalue weighted by molar-refractivity contribution is 0.731. The van der Waals surface area contributed by atoms with Crippen molar-refractivity contribution in [3.63, 3.8) is 0 Å². The van der Waals surface area contributed by atoms with Crippen molar-refractivity contribution >= 4 is 11.3 Å². The van der Waals surface area contributed by atoms with Crippen molar-refractivity contribution in [2.24, 2.45) is 7.05 Å². The molecule has 5 heteroatoms. The highest BCUT2D eigenvalue weighted by Crippen LogP contribution is 2.27. The zero-order valence-corrected chi connectivity index (χ0v) is 11.6. The van der Waals surface area contributed by atoms with Gasteiger partial charge in [0.05, 0.1) is 16.4 Å². The van der Waals surface area contributed by atoms with Crippen LogP contribution >= 0.6 is 11.3 Å². The van der Waals surface area contributed by atoms with Gasteiger partial charge in [-0.25, -0.2) is 4.98 Å². The van der Waals surface area contributed by atoms with E-state index < -0.39 is 0 Å². The van der Waals surface area contributed by atoms with E-state index in [-0.39, 0.29) is 0 Å². The monoisotopic (exact) mass is 250 g/mol. The van der Waals surface area contributed by atoms with Crippen molar-refractivity contribution < 1.29 is 0 Å². The normalized spacial score (nSPS) is 11.1. The molecule has 0 unspecified atom stereocenters. The Morgan fingerprint density at radius 3 is 2.76 bits per heavy atom. The number of thiazole rings is 1. The fraction of sp³-hybridized carbons (Fsp3) is 0.500. The van der Waals surface area contributed by atoms with Crippen LogP contribution in [-0.2, 0) is 13.5 Å². The first-order valence-corrected chi connectivity index (χ1v) is 6.61. The van der Waals surface area contributed by atoms with Crippen LogP contribution in [0.4, 0.5) is 0 Å². The van der Waals surface area contributed by atoms with Gasteiger partial charge in [0.25, 0.3) is 0 Å². The maximum atomic E-state index is 4.68. The van der Waals surface area contributed by atoms with Crippen LogP contribution in [0.25, 0.3) is 11.3 Å². The zero-order chi connectivity index (χ0) is 12.4. The van der Waals surface area contributed by atoms with E-state index >= 15 is 0 Å². The first-order chi connectivity index (χ1) is 8.13. The van der Waals surface area contributed by atoms with Crippen LogP contribution < -0.4 is 5.32 Å². The van der Waals surface area contributed by atoms with Crippen molar-refractivity contribution in [3.8, 4) is 11.3 Å². The van der Waals surface area contributed by atoms with Gasteiger partial charge >= 0.3 is 0 Å². The van der Waals surface area contributed by atoms with Crippen LogP contribution in [0.15, 0.2) is 5.38 Å². The first kappa shape index (κ1) is 12.3. The second-order valence-electron chi connectivity index (χ2n) is 4.15. The first-order valence-electron chi connectivity index (χ1n) is 5.73. The largest absolute Gasteiger partial charge is 0.319 e. The summed E-state index contributed by atoms with van der Waals surface area (Å²) in [5, 5.41) is 10.9. The lowest BCUT2D eigenvalue weighted by Gasteiger charge is -1.97. The molecule has 4 nitrogen and oxygen atoms in total. The van der Waals surface area contributed by atoms with Crippen molar-refractivity contribution in [1.29, 1.82) is 0 Å². The van der Waals surface area contributed by atoms with Gasteiger partial charge in [-0.1, -0.05) is 0 Å². The summed E-state index contributed by atoms with van der Waals surface area (Å²) in [6.07, 6.45) is 0.986. The van der Waals surface area contributed by atoms with E-state index in [4.69, 9.17) is 0 Å². The van der Waals surface area contributed by atoms with Crippen molar-refractivity contribution in [2.45, 2.75) is 20.3 Å². The summed E-state index contributed by atoms with van der Waals surface area (Å²) in [6, 6.07) is 0. The third kappa shape index (κ3) is 2.40. The van der Waals surface area contributed by atoms with E-state index in [2.05, 4.69) is 27.7 Å². The van der Waals surface area contributed by atoms with E-state index in [1.807, 2.05) is 25.7 Å². The van der Waals surface area contributed by atoms with Gasteiger partial charge in [0.1, 0.15) is 0 Å². The van der Waals surface area contributed by atoms with Crippen LogP contribution in [0.2, 0.25) is 0 Å². The SMILES string of the molecule is CNCCc1nc(-c2c(C)nn(C)c2C)cs1. The molecule has 92 valence electrons. The Hall–Kier alpha value is -1.20. The molecule has 0 saturated carbocycles. The fourth-order valence-corrected chi connectivity index (χ4v) is 2.71. The zero-order valence-electron chi connectivity index (χ0n) is 10.7. The molecule has 2 rings (SSSR count). The Morgan fingerprint density at radius 2 is 2.18 bits per heavy atom. The molecule has 17 heavy (non-hydrogen) atoms. The maximum Gasteiger partial charge on any atom is 0.0945 e. The quantitative estimate of drug-likeness (QED) is 0.901. The number of likely N-dealkylation sites (N-methyl/N-ethyl adjacent to an activating group) is 1. The molecule has 2 aromatic rings. The molecule has 2 heterocycles. The van der Waals surface area contributed by atoms with E-state index in [9.17, 15) is 0 Å². The third-order valence-corrected chi connectivity index (χ3v) is 3.81. The molecular formula is C12H18N4S. The lowest BCUT2D eigenvalue weighted by atomic mass is 10.1. The van der Waals surface area contributed by atoms with Gasteiger partial charge in [0.15, 0.2) is 0 Å². The van der Waals surface area contributed by atoms with Gasteiger partial charge in [-0.3, -0.25) is 4.68 Å². The van der Waals surface area contributed by atoms with Crippen LogP contribution in [0.5, 0.6) is 0 Å². The molecule has 0 aliphatic carbocycles. The summed E-state index contributed by atoms with van der Waals surface area (Å²) in [5.41, 5.74) is 4.46. The number of nitrogens with zero attached hydrogens (tertiary/aromatic N) is 3. The average molecular weight is 250 g/mol. The number of nitrogens with one attached hydrogen (secondary N) is 1. The summed E-state index contributed by atoms with van der Waals surface area (Å²) < 4.78 is 1.91. The average Bonchev–Trinajstić information content (AvgIpc) is 2.83. The summed E-state index contributed by atoms with van der Waals surface area (Å²) in [4.78, 5) is 4.68. The van der Waals surface area contributed by atoms with Crippen LogP contribution in [-0.4, -0.2) is 28.4 Å². The number of hydrogen-bond donors (Lipinski definition) is 1. The molecule has 0 aliphatic rings. The third-order valence-electron chi connectivity index (χ3n) is 2.91. The van der Waals surface area contributed by atoms with Crippen LogP contribution in [0, 0.1) is 13.8 Å². The molecule has 0 saturated heterocycles. The van der Waals surface area contributed by atoms with Crippen molar-refractivity contribution in [2.75, 3.05) is 13.6 Å². The second-order valence-corrected chi connectivity index (χ2v) is 5.09. The van der Waals surface area contributed by atoms with E-state index in [0.29, 0.717) is 0 Å². The second kappa shape index (κ2) is 4.98. The molecule has 0 radical (unpaired) electrons. The molecule has 0 aromatic carbocycles. The topological polar surface area (TPSA) is 42.7 Å². The smallest absolute Gasteiger partial charge is 0.0945 e. The predicted molar refractivity (Wildman–Crippen MR) is 71.4 cm³/mol. The Balaban J connectivity index is 2.30. The molecule has 0 fully saturated rings. The minimum Gasteiger partial charge on any atom is -0.319 e. The molecule has 0 spiro atoms. The van der Waals surface area contributed by atoms with Crippen LogP contribution in [0.1, 0.15) is 16.4 Å². The number of hydrogen-bond acceptors (Lipinski definition) is 4. The fourth-order valence-electron chi connectivity index (χ4n) is 1.92. The minimum absolute atomic E-state index is 0.970. The Kier molecular flexibility index (Phi) is 3.59. The highest BCUT2D eigenvalue weighted by molar-refractivity contribution is 7.09. The summed E-state index contributed by atoms with van der Waals surface area (Å²) in [6.45, 7) is 5.09. The van der Waals surface area contributed by atoms with Gasteiger partial charge in [-0.15, -0.1) is 11.3 Å². The van der Waals surface area contributed by atoms with Gasteiger partial charge in [0, 0.05) is 36.7 Å². The molecule has 1 N–H and O–H groups in total. The van der Waals surface area contributed by atoms with Gasteiger partial charge in [-0.2, -0.15) is 5.10 Å². The number of aryl methyl sites for hydroxylation is 2. The van der Waals surface area contributed by atoms with E-state index in [1.165, 1.54) is 16.3 Å². The minimum atomic E-state index is 0.970. The van der Waals surface area contributed by atoms with E-state index in [1.54, 1.807) is 11.3 Å². The van der Waals surface area contributed by atoms with Gasteiger partial charge in [0.2, 0.25) is 0 Å². The van der Waals surface area contributed by atoms with Crippen molar-refractivity contribution in [3.05, 3.63) is 21.8 Å². The van der Waals surface area contributed by atoms with Crippen molar-refractivity contribution in [1.82, 2.24) is 20.1 Å². The summed E-state index contributed by atoms with van der Waals surface area (Å²) >= 11 is 1.72. The molecule has 0 bridgehead atoms. The highest BCUT2D eigenvalue weighted by Gasteiger charge is 2.14. The number of aromatic nitrogens is 3. The summed E-state index contributed by atoms with van der Waals surface area (Å²) in [5.74, 6) is 0. The van der Waals surface area contributed by atoms with Crippen LogP contribution in [0.3, 0.4) is 0 Å². The number of rotatable bonds is 4. The predicted octanol–water partition coefficient (Wildman–Crippen LogP) is 1.92. The molecular weight excluding hydrogens is 232 g/mol. The Morgan fingerprint density at radius 1 is 1.41 bits per heavy atom. The Bertz CT molecular complexity index is 513. The Labute approximate surface area is 106 Å².